The molecule has 3 aromatic rings. The van der Waals surface area contributed by atoms with Gasteiger partial charge in [0.15, 0.2) is 0 Å². The number of benzene rings is 3. The molecule has 0 spiro atoms. The van der Waals surface area contributed by atoms with E-state index in [-0.39, 0.29) is 6.10 Å². The fourth-order valence-electron chi connectivity index (χ4n) is 2.82. The molecular formula is C24H27NO2. The highest BCUT2D eigenvalue weighted by molar-refractivity contribution is 5.56. The van der Waals surface area contributed by atoms with Crippen LogP contribution < -0.4 is 14.8 Å². The molecule has 0 fully saturated rings. The van der Waals surface area contributed by atoms with E-state index in [0.717, 1.165) is 28.3 Å². The summed E-state index contributed by atoms with van der Waals surface area (Å²) in [5.41, 5.74) is 4.48. The third-order valence-corrected chi connectivity index (χ3v) is 4.38. The molecule has 1 N–H and O–H groups in total. The second kappa shape index (κ2) is 9.13. The smallest absolute Gasteiger partial charge is 0.142 e. The Kier molecular flexibility index (Phi) is 6.37. The van der Waals surface area contributed by atoms with E-state index in [1.807, 2.05) is 42.5 Å². The first-order valence-electron chi connectivity index (χ1n) is 9.35. The summed E-state index contributed by atoms with van der Waals surface area (Å²) in [5, 5.41) is 3.45. The summed E-state index contributed by atoms with van der Waals surface area (Å²) < 4.78 is 12.1. The predicted molar refractivity (Wildman–Crippen MR) is 112 cm³/mol. The molecule has 0 heterocycles. The molecule has 0 aliphatic carbocycles. The lowest BCUT2D eigenvalue weighted by Gasteiger charge is -2.19. The third-order valence-electron chi connectivity index (χ3n) is 4.38. The van der Waals surface area contributed by atoms with Crippen LogP contribution in [0.2, 0.25) is 0 Å². The lowest BCUT2D eigenvalue weighted by Crippen LogP contribution is -2.23. The Morgan fingerprint density at radius 3 is 2.41 bits per heavy atom. The molecule has 3 nitrogen and oxygen atoms in total. The van der Waals surface area contributed by atoms with E-state index in [2.05, 4.69) is 56.4 Å². The van der Waals surface area contributed by atoms with Gasteiger partial charge in [-0.05, 0) is 55.7 Å². The quantitative estimate of drug-likeness (QED) is 0.553. The van der Waals surface area contributed by atoms with Crippen LogP contribution in [0.5, 0.6) is 11.5 Å². The van der Waals surface area contributed by atoms with Gasteiger partial charge in [-0.2, -0.15) is 0 Å². The van der Waals surface area contributed by atoms with Gasteiger partial charge in [0.25, 0.3) is 0 Å². The lowest BCUT2D eigenvalue weighted by atomic mass is 10.1. The number of hydrogen-bond donors (Lipinski definition) is 1. The Labute approximate surface area is 162 Å². The Balaban J connectivity index is 1.58. The van der Waals surface area contributed by atoms with Crippen molar-refractivity contribution in [2.45, 2.75) is 33.5 Å². The van der Waals surface area contributed by atoms with E-state index in [4.69, 9.17) is 9.47 Å². The maximum Gasteiger partial charge on any atom is 0.142 e. The minimum absolute atomic E-state index is 0.0349. The number of rotatable bonds is 8. The summed E-state index contributed by atoms with van der Waals surface area (Å²) in [7, 11) is 0. The summed E-state index contributed by atoms with van der Waals surface area (Å²) in [5.74, 6) is 1.79. The van der Waals surface area contributed by atoms with Crippen molar-refractivity contribution in [3.05, 3.63) is 89.5 Å². The zero-order valence-electron chi connectivity index (χ0n) is 16.2. The van der Waals surface area contributed by atoms with Crippen LogP contribution in [-0.2, 0) is 6.61 Å². The van der Waals surface area contributed by atoms with Crippen LogP contribution in [0.15, 0.2) is 72.8 Å². The van der Waals surface area contributed by atoms with E-state index >= 15 is 0 Å². The molecule has 0 saturated heterocycles. The van der Waals surface area contributed by atoms with Crippen molar-refractivity contribution in [2.24, 2.45) is 0 Å². The molecule has 0 amide bonds. The van der Waals surface area contributed by atoms with Crippen molar-refractivity contribution < 1.29 is 9.47 Å². The maximum absolute atomic E-state index is 6.11. The van der Waals surface area contributed by atoms with Crippen LogP contribution in [0.1, 0.15) is 23.6 Å². The summed E-state index contributed by atoms with van der Waals surface area (Å²) >= 11 is 0. The Morgan fingerprint density at radius 2 is 1.59 bits per heavy atom. The molecule has 0 saturated carbocycles. The van der Waals surface area contributed by atoms with E-state index in [1.165, 1.54) is 5.56 Å². The van der Waals surface area contributed by atoms with E-state index in [9.17, 15) is 0 Å². The van der Waals surface area contributed by atoms with E-state index in [1.54, 1.807) is 0 Å². The second-order valence-corrected chi connectivity index (χ2v) is 6.85. The van der Waals surface area contributed by atoms with Gasteiger partial charge in [-0.25, -0.2) is 0 Å². The zero-order chi connectivity index (χ0) is 19.1. The van der Waals surface area contributed by atoms with Crippen LogP contribution in [0.3, 0.4) is 0 Å². The minimum Gasteiger partial charge on any atom is -0.489 e. The number of aryl methyl sites for hydroxylation is 2. The molecule has 140 valence electrons. The maximum atomic E-state index is 6.11. The van der Waals surface area contributed by atoms with Crippen molar-refractivity contribution >= 4 is 5.69 Å². The number of hydrogen-bond acceptors (Lipinski definition) is 3. The van der Waals surface area contributed by atoms with E-state index < -0.39 is 0 Å². The van der Waals surface area contributed by atoms with Crippen LogP contribution in [0, 0.1) is 13.8 Å². The largest absolute Gasteiger partial charge is 0.489 e. The van der Waals surface area contributed by atoms with Crippen molar-refractivity contribution in [1.82, 2.24) is 0 Å². The molecule has 1 unspecified atom stereocenters. The minimum atomic E-state index is 0.0349. The normalized spacial score (nSPS) is 11.7. The van der Waals surface area contributed by atoms with Gasteiger partial charge in [-0.15, -0.1) is 0 Å². The molecule has 0 aliphatic heterocycles. The van der Waals surface area contributed by atoms with Gasteiger partial charge >= 0.3 is 0 Å². The highest BCUT2D eigenvalue weighted by atomic mass is 16.5. The van der Waals surface area contributed by atoms with Crippen molar-refractivity contribution in [3.8, 4) is 11.5 Å². The highest BCUT2D eigenvalue weighted by Gasteiger charge is 2.09. The summed E-state index contributed by atoms with van der Waals surface area (Å²) in [4.78, 5) is 0. The van der Waals surface area contributed by atoms with Gasteiger partial charge in [-0.3, -0.25) is 0 Å². The lowest BCUT2D eigenvalue weighted by molar-refractivity contribution is 0.232. The van der Waals surface area contributed by atoms with Crippen LogP contribution in [0.4, 0.5) is 5.69 Å². The summed E-state index contributed by atoms with van der Waals surface area (Å²) in [6.07, 6.45) is 0.0349. The SMILES string of the molecule is Cc1ccc(C)c(OC(C)CNc2ccccc2OCc2ccccc2)c1. The summed E-state index contributed by atoms with van der Waals surface area (Å²) in [6.45, 7) is 7.46. The van der Waals surface area contributed by atoms with Crippen molar-refractivity contribution in [3.63, 3.8) is 0 Å². The molecule has 0 bridgehead atoms. The molecule has 27 heavy (non-hydrogen) atoms. The molecular weight excluding hydrogens is 334 g/mol. The van der Waals surface area contributed by atoms with Gasteiger partial charge in [0.1, 0.15) is 24.2 Å². The monoisotopic (exact) mass is 361 g/mol. The zero-order valence-corrected chi connectivity index (χ0v) is 16.2. The molecule has 1 atom stereocenters. The topological polar surface area (TPSA) is 30.5 Å². The summed E-state index contributed by atoms with van der Waals surface area (Å²) in [6, 6.07) is 24.5. The fraction of sp³-hybridized carbons (Fsp3) is 0.250. The van der Waals surface area contributed by atoms with Crippen LogP contribution in [0.25, 0.3) is 0 Å². The molecule has 0 radical (unpaired) electrons. The number of anilines is 1. The number of nitrogens with one attached hydrogen (secondary N) is 1. The van der Waals surface area contributed by atoms with Crippen LogP contribution in [-0.4, -0.2) is 12.6 Å². The van der Waals surface area contributed by atoms with Gasteiger partial charge in [-0.1, -0.05) is 54.6 Å². The van der Waals surface area contributed by atoms with Crippen molar-refractivity contribution in [2.75, 3.05) is 11.9 Å². The first-order valence-corrected chi connectivity index (χ1v) is 9.35. The number of para-hydroxylation sites is 2. The first kappa shape index (κ1) is 18.8. The Morgan fingerprint density at radius 1 is 0.852 bits per heavy atom. The van der Waals surface area contributed by atoms with Gasteiger partial charge in [0, 0.05) is 0 Å². The molecule has 3 heteroatoms. The average molecular weight is 361 g/mol. The van der Waals surface area contributed by atoms with Gasteiger partial charge < -0.3 is 14.8 Å². The van der Waals surface area contributed by atoms with Crippen LogP contribution >= 0.6 is 0 Å². The van der Waals surface area contributed by atoms with E-state index in [0.29, 0.717) is 13.2 Å². The first-order chi connectivity index (χ1) is 13.1. The molecule has 0 aromatic heterocycles. The van der Waals surface area contributed by atoms with Gasteiger partial charge in [0.05, 0.1) is 12.2 Å². The number of ether oxygens (including phenoxy) is 2. The second-order valence-electron chi connectivity index (χ2n) is 6.85. The Bertz CT molecular complexity index is 861. The Hall–Kier alpha value is -2.94. The van der Waals surface area contributed by atoms with Crippen molar-refractivity contribution in [1.29, 1.82) is 0 Å². The average Bonchev–Trinajstić information content (AvgIpc) is 2.69. The molecule has 3 rings (SSSR count). The predicted octanol–water partition coefficient (Wildman–Crippen LogP) is 5.76. The molecule has 0 aliphatic rings. The highest BCUT2D eigenvalue weighted by Crippen LogP contribution is 2.25. The standard InChI is InChI=1S/C24H27NO2/c1-18-13-14-19(2)24(15-18)27-20(3)16-25-22-11-7-8-12-23(22)26-17-21-9-5-4-6-10-21/h4-15,20,25H,16-17H2,1-3H3. The van der Waals surface area contributed by atoms with Gasteiger partial charge in [0.2, 0.25) is 0 Å². The molecule has 3 aromatic carbocycles. The fourth-order valence-corrected chi connectivity index (χ4v) is 2.82. The third kappa shape index (κ3) is 5.52.